The van der Waals surface area contributed by atoms with Crippen molar-refractivity contribution in [3.8, 4) is 0 Å². The van der Waals surface area contributed by atoms with Gasteiger partial charge in [-0.15, -0.1) is 5.10 Å². The van der Waals surface area contributed by atoms with Crippen molar-refractivity contribution in [3.05, 3.63) is 12.4 Å². The first-order chi connectivity index (χ1) is 8.65. The molecule has 1 fully saturated rings. The van der Waals surface area contributed by atoms with Crippen molar-refractivity contribution in [2.45, 2.75) is 31.6 Å². The molecule has 2 unspecified atom stereocenters. The molecule has 98 valence electrons. The fourth-order valence-electron chi connectivity index (χ4n) is 1.79. The molecule has 1 aliphatic rings. The highest BCUT2D eigenvalue weighted by molar-refractivity contribution is 5.75. The summed E-state index contributed by atoms with van der Waals surface area (Å²) in [7, 11) is 0. The topological polar surface area (TPSA) is 106 Å². The molecule has 0 radical (unpaired) electrons. The van der Waals surface area contributed by atoms with Crippen molar-refractivity contribution in [2.24, 2.45) is 0 Å². The molecule has 0 spiro atoms. The van der Waals surface area contributed by atoms with Gasteiger partial charge >= 0.3 is 5.97 Å². The van der Waals surface area contributed by atoms with E-state index in [1.807, 2.05) is 0 Å². The number of ether oxygens (including phenoxy) is 1. The number of carbonyl (C=O) groups excluding carboxylic acids is 1. The summed E-state index contributed by atoms with van der Waals surface area (Å²) < 4.78 is 6.67. The molecular formula is C10H14N4O4. The molecule has 1 saturated heterocycles. The van der Waals surface area contributed by atoms with Crippen LogP contribution in [0.25, 0.3) is 0 Å². The Morgan fingerprint density at radius 1 is 1.50 bits per heavy atom. The van der Waals surface area contributed by atoms with Crippen molar-refractivity contribution in [3.63, 3.8) is 0 Å². The first-order valence-electron chi connectivity index (χ1n) is 5.64. The van der Waals surface area contributed by atoms with E-state index < -0.39 is 12.1 Å². The summed E-state index contributed by atoms with van der Waals surface area (Å²) in [5.41, 5.74) is 0. The lowest BCUT2D eigenvalue weighted by Gasteiger charge is -2.12. The van der Waals surface area contributed by atoms with Gasteiger partial charge in [-0.2, -0.15) is 0 Å². The van der Waals surface area contributed by atoms with Gasteiger partial charge in [-0.1, -0.05) is 5.21 Å². The van der Waals surface area contributed by atoms with Gasteiger partial charge < -0.3 is 15.2 Å². The van der Waals surface area contributed by atoms with Gasteiger partial charge in [0.15, 0.2) is 6.10 Å². The van der Waals surface area contributed by atoms with Crippen molar-refractivity contribution in [1.82, 2.24) is 20.3 Å². The van der Waals surface area contributed by atoms with Crippen molar-refractivity contribution < 1.29 is 19.4 Å². The molecule has 0 saturated carbocycles. The molecule has 1 amide bonds. The summed E-state index contributed by atoms with van der Waals surface area (Å²) in [6.07, 6.45) is 3.23. The lowest BCUT2D eigenvalue weighted by Crippen LogP contribution is -2.35. The average Bonchev–Trinajstić information content (AvgIpc) is 2.96. The number of aliphatic carboxylic acids is 1. The maximum atomic E-state index is 11.5. The molecule has 8 heteroatoms. The van der Waals surface area contributed by atoms with E-state index in [-0.39, 0.29) is 18.6 Å². The Morgan fingerprint density at radius 2 is 2.33 bits per heavy atom. The molecule has 2 heterocycles. The maximum absolute atomic E-state index is 11.5. The minimum Gasteiger partial charge on any atom is -0.479 e. The van der Waals surface area contributed by atoms with Gasteiger partial charge in [0.05, 0.1) is 12.3 Å². The zero-order valence-corrected chi connectivity index (χ0v) is 9.65. The Kier molecular flexibility index (Phi) is 3.88. The van der Waals surface area contributed by atoms with Gasteiger partial charge in [-0.25, -0.2) is 9.48 Å². The van der Waals surface area contributed by atoms with Crippen LogP contribution in [0, 0.1) is 0 Å². The van der Waals surface area contributed by atoms with Crippen LogP contribution in [-0.4, -0.2) is 50.7 Å². The molecule has 2 N–H and O–H groups in total. The minimum atomic E-state index is -0.952. The molecule has 0 aliphatic carbocycles. The zero-order valence-electron chi connectivity index (χ0n) is 9.65. The van der Waals surface area contributed by atoms with Gasteiger partial charge in [-0.3, -0.25) is 4.79 Å². The summed E-state index contributed by atoms with van der Waals surface area (Å²) >= 11 is 0. The van der Waals surface area contributed by atoms with Crippen LogP contribution in [-0.2, 0) is 20.9 Å². The van der Waals surface area contributed by atoms with Crippen molar-refractivity contribution in [2.75, 3.05) is 6.54 Å². The molecule has 1 aromatic rings. The molecule has 0 aromatic carbocycles. The van der Waals surface area contributed by atoms with Crippen molar-refractivity contribution in [1.29, 1.82) is 0 Å². The smallest absolute Gasteiger partial charge is 0.332 e. The van der Waals surface area contributed by atoms with Gasteiger partial charge in [0.25, 0.3) is 0 Å². The molecule has 2 rings (SSSR count). The van der Waals surface area contributed by atoms with Crippen LogP contribution in [0.2, 0.25) is 0 Å². The number of aromatic nitrogens is 3. The predicted molar refractivity (Wildman–Crippen MR) is 58.6 cm³/mol. The second-order valence-corrected chi connectivity index (χ2v) is 4.07. The Labute approximate surface area is 103 Å². The van der Waals surface area contributed by atoms with E-state index in [1.165, 1.54) is 10.9 Å². The van der Waals surface area contributed by atoms with Gasteiger partial charge in [-0.05, 0) is 12.8 Å². The summed E-state index contributed by atoms with van der Waals surface area (Å²) in [4.78, 5) is 22.2. The molecule has 8 nitrogen and oxygen atoms in total. The van der Waals surface area contributed by atoms with Crippen LogP contribution in [0.5, 0.6) is 0 Å². The molecular weight excluding hydrogens is 240 g/mol. The Hall–Kier alpha value is -1.96. The second kappa shape index (κ2) is 5.58. The van der Waals surface area contributed by atoms with Crippen molar-refractivity contribution >= 4 is 11.9 Å². The highest BCUT2D eigenvalue weighted by Gasteiger charge is 2.30. The lowest BCUT2D eigenvalue weighted by molar-refractivity contribution is -0.149. The highest BCUT2D eigenvalue weighted by atomic mass is 16.5. The van der Waals surface area contributed by atoms with Gasteiger partial charge in [0.2, 0.25) is 5.91 Å². The SMILES string of the molecule is O=C(Cn1ccnn1)NCC1CCC(C(=O)O)O1. The molecule has 1 aliphatic heterocycles. The van der Waals surface area contributed by atoms with E-state index in [9.17, 15) is 9.59 Å². The fraction of sp³-hybridized carbons (Fsp3) is 0.600. The number of hydrogen-bond acceptors (Lipinski definition) is 5. The van der Waals surface area contributed by atoms with E-state index in [4.69, 9.17) is 9.84 Å². The number of nitrogens with one attached hydrogen (secondary N) is 1. The normalized spacial score (nSPS) is 22.9. The predicted octanol–water partition coefficient (Wildman–Crippen LogP) is -0.973. The number of carboxylic acids is 1. The maximum Gasteiger partial charge on any atom is 0.332 e. The lowest BCUT2D eigenvalue weighted by atomic mass is 10.2. The minimum absolute atomic E-state index is 0.0923. The van der Waals surface area contributed by atoms with E-state index in [0.29, 0.717) is 19.4 Å². The average molecular weight is 254 g/mol. The highest BCUT2D eigenvalue weighted by Crippen LogP contribution is 2.19. The molecule has 18 heavy (non-hydrogen) atoms. The summed E-state index contributed by atoms with van der Waals surface area (Å²) in [6.45, 7) is 0.409. The van der Waals surface area contributed by atoms with Crippen LogP contribution in [0.15, 0.2) is 12.4 Å². The van der Waals surface area contributed by atoms with Crippen LogP contribution in [0.4, 0.5) is 0 Å². The number of hydrogen-bond donors (Lipinski definition) is 2. The quantitative estimate of drug-likeness (QED) is 0.700. The number of rotatable bonds is 5. The third-order valence-electron chi connectivity index (χ3n) is 2.69. The van der Waals surface area contributed by atoms with Crippen LogP contribution < -0.4 is 5.32 Å². The largest absolute Gasteiger partial charge is 0.479 e. The monoisotopic (exact) mass is 254 g/mol. The van der Waals surface area contributed by atoms with E-state index in [1.54, 1.807) is 6.20 Å². The summed E-state index contributed by atoms with van der Waals surface area (Å²) in [5, 5.41) is 18.7. The number of carbonyl (C=O) groups is 2. The Morgan fingerprint density at radius 3 is 2.94 bits per heavy atom. The summed E-state index contributed by atoms with van der Waals surface area (Å²) in [5.74, 6) is -1.16. The Bertz CT molecular complexity index is 420. The molecule has 0 bridgehead atoms. The molecule has 2 atom stereocenters. The number of amides is 1. The van der Waals surface area contributed by atoms with E-state index in [2.05, 4.69) is 15.6 Å². The fourth-order valence-corrected chi connectivity index (χ4v) is 1.79. The zero-order chi connectivity index (χ0) is 13.0. The second-order valence-electron chi connectivity index (χ2n) is 4.07. The third kappa shape index (κ3) is 3.27. The summed E-state index contributed by atoms with van der Waals surface area (Å²) in [6, 6.07) is 0. The van der Waals surface area contributed by atoms with E-state index in [0.717, 1.165) is 0 Å². The van der Waals surface area contributed by atoms with Crippen LogP contribution >= 0.6 is 0 Å². The number of nitrogens with zero attached hydrogens (tertiary/aromatic N) is 3. The first kappa shape index (κ1) is 12.5. The third-order valence-corrected chi connectivity index (χ3v) is 2.69. The molecule has 1 aromatic heterocycles. The number of carboxylic acid groups (broad SMARTS) is 1. The first-order valence-corrected chi connectivity index (χ1v) is 5.64. The van der Waals surface area contributed by atoms with E-state index >= 15 is 0 Å². The Balaban J connectivity index is 1.69. The van der Waals surface area contributed by atoms with Crippen LogP contribution in [0.1, 0.15) is 12.8 Å². The van der Waals surface area contributed by atoms with Crippen LogP contribution in [0.3, 0.4) is 0 Å². The van der Waals surface area contributed by atoms with Gasteiger partial charge in [0.1, 0.15) is 6.54 Å². The van der Waals surface area contributed by atoms with Gasteiger partial charge in [0, 0.05) is 12.7 Å². The standard InChI is InChI=1S/C10H14N4O4/c15-9(6-14-4-3-12-13-14)11-5-7-1-2-8(18-7)10(16)17/h3-4,7-8H,1-2,5-6H2,(H,11,15)(H,16,17).